The van der Waals surface area contributed by atoms with E-state index >= 15 is 0 Å². The summed E-state index contributed by atoms with van der Waals surface area (Å²) in [4.78, 5) is 12.8. The maximum atomic E-state index is 11.6. The van der Waals surface area contributed by atoms with Crippen molar-refractivity contribution >= 4 is 17.2 Å². The van der Waals surface area contributed by atoms with E-state index < -0.39 is 0 Å². The summed E-state index contributed by atoms with van der Waals surface area (Å²) in [6, 6.07) is 4.45. The zero-order chi connectivity index (χ0) is 11.1. The van der Waals surface area contributed by atoms with E-state index in [0.717, 1.165) is 19.3 Å². The van der Waals surface area contributed by atoms with Gasteiger partial charge in [0.25, 0.3) is 0 Å². The second-order valence-electron chi connectivity index (χ2n) is 3.66. The first-order chi connectivity index (χ1) is 7.26. The Balaban J connectivity index is 2.24. The number of carbonyl (C=O) groups is 1. The number of hydrogen-bond acceptors (Lipinski definition) is 2. The van der Waals surface area contributed by atoms with Crippen molar-refractivity contribution in [2.24, 2.45) is 0 Å². The minimum atomic E-state index is 0.178. The smallest absolute Gasteiger partial charge is 0.220 e. The van der Waals surface area contributed by atoms with E-state index in [4.69, 9.17) is 0 Å². The molecular weight excluding hydrogens is 206 g/mol. The highest BCUT2D eigenvalue weighted by Crippen LogP contribution is 2.10. The number of rotatable bonds is 6. The highest BCUT2D eigenvalue weighted by Gasteiger charge is 2.08. The predicted octanol–water partition coefficient (Wildman–Crippen LogP) is 2.99. The number of nitrogens with one attached hydrogen (secondary N) is 1. The van der Waals surface area contributed by atoms with Gasteiger partial charge in [-0.2, -0.15) is 0 Å². The Morgan fingerprint density at radius 1 is 1.47 bits per heavy atom. The summed E-state index contributed by atoms with van der Waals surface area (Å²) in [5, 5.41) is 5.09. The average molecular weight is 225 g/mol. The number of hydrogen-bond donors (Lipinski definition) is 1. The Morgan fingerprint density at radius 2 is 2.20 bits per heavy atom. The first-order valence-electron chi connectivity index (χ1n) is 5.58. The van der Waals surface area contributed by atoms with Crippen molar-refractivity contribution in [2.45, 2.75) is 45.6 Å². The van der Waals surface area contributed by atoms with Gasteiger partial charge in [0.1, 0.15) is 0 Å². The van der Waals surface area contributed by atoms with Crippen LogP contribution < -0.4 is 5.32 Å². The lowest BCUT2D eigenvalue weighted by atomic mass is 10.1. The third kappa shape index (κ3) is 4.47. The van der Waals surface area contributed by atoms with E-state index in [1.807, 2.05) is 11.4 Å². The Bertz CT molecular complexity index is 278. The molecule has 15 heavy (non-hydrogen) atoms. The minimum Gasteiger partial charge on any atom is -0.353 e. The molecule has 0 aliphatic carbocycles. The predicted molar refractivity (Wildman–Crippen MR) is 65.2 cm³/mol. The minimum absolute atomic E-state index is 0.178. The van der Waals surface area contributed by atoms with Gasteiger partial charge in [0.15, 0.2) is 0 Å². The highest BCUT2D eigenvalue weighted by atomic mass is 32.1. The van der Waals surface area contributed by atoms with Crippen molar-refractivity contribution in [3.8, 4) is 0 Å². The third-order valence-electron chi connectivity index (χ3n) is 2.53. The first-order valence-corrected chi connectivity index (χ1v) is 6.46. The van der Waals surface area contributed by atoms with Crippen molar-refractivity contribution in [2.75, 3.05) is 0 Å². The van der Waals surface area contributed by atoms with Crippen molar-refractivity contribution < 1.29 is 4.79 Å². The summed E-state index contributed by atoms with van der Waals surface area (Å²) in [5.41, 5.74) is 0. The lowest BCUT2D eigenvalue weighted by Gasteiger charge is -2.14. The molecule has 1 amide bonds. The molecule has 0 aliphatic heterocycles. The van der Waals surface area contributed by atoms with Gasteiger partial charge in [-0.05, 0) is 30.7 Å². The summed E-state index contributed by atoms with van der Waals surface area (Å²) in [6.07, 6.45) is 3.50. The lowest BCUT2D eigenvalue weighted by molar-refractivity contribution is -0.121. The Kier molecular flexibility index (Phi) is 5.40. The molecule has 3 heteroatoms. The van der Waals surface area contributed by atoms with Crippen LogP contribution in [0.2, 0.25) is 0 Å². The normalized spacial score (nSPS) is 10.6. The van der Waals surface area contributed by atoms with Crippen molar-refractivity contribution in [3.05, 3.63) is 22.4 Å². The molecule has 0 saturated carbocycles. The molecule has 0 spiro atoms. The molecule has 0 atom stereocenters. The summed E-state index contributed by atoms with van der Waals surface area (Å²) in [5.74, 6) is 0.178. The molecule has 0 saturated heterocycles. The standard InChI is InChI=1S/C12H19NOS/c1-3-10(4-2)13-12(14)8-7-11-6-5-9-15-11/h5-6,9-10H,3-4,7-8H2,1-2H3,(H,13,14). The Morgan fingerprint density at radius 3 is 2.73 bits per heavy atom. The van der Waals surface area contributed by atoms with Gasteiger partial charge in [0.05, 0.1) is 0 Å². The van der Waals surface area contributed by atoms with Gasteiger partial charge < -0.3 is 5.32 Å². The molecule has 0 aromatic carbocycles. The number of amides is 1. The average Bonchev–Trinajstić information content (AvgIpc) is 2.75. The second-order valence-corrected chi connectivity index (χ2v) is 4.69. The van der Waals surface area contributed by atoms with Gasteiger partial charge in [-0.25, -0.2) is 0 Å². The van der Waals surface area contributed by atoms with Gasteiger partial charge in [-0.1, -0.05) is 19.9 Å². The van der Waals surface area contributed by atoms with Gasteiger partial charge in [0.2, 0.25) is 5.91 Å². The van der Waals surface area contributed by atoms with Crippen LogP contribution in [0.5, 0.6) is 0 Å². The second kappa shape index (κ2) is 6.62. The van der Waals surface area contributed by atoms with E-state index in [-0.39, 0.29) is 5.91 Å². The molecule has 0 bridgehead atoms. The van der Waals surface area contributed by atoms with Gasteiger partial charge in [-0.15, -0.1) is 11.3 Å². The Labute approximate surface area is 95.7 Å². The molecule has 84 valence electrons. The molecule has 0 unspecified atom stereocenters. The fourth-order valence-electron chi connectivity index (χ4n) is 1.48. The van der Waals surface area contributed by atoms with Gasteiger partial charge >= 0.3 is 0 Å². The number of aryl methyl sites for hydroxylation is 1. The quantitative estimate of drug-likeness (QED) is 0.792. The molecule has 0 fully saturated rings. The Hall–Kier alpha value is -0.830. The summed E-state index contributed by atoms with van der Waals surface area (Å²) in [7, 11) is 0. The maximum absolute atomic E-state index is 11.6. The fourth-order valence-corrected chi connectivity index (χ4v) is 2.19. The van der Waals surface area contributed by atoms with Gasteiger partial charge in [0, 0.05) is 17.3 Å². The van der Waals surface area contributed by atoms with Crippen LogP contribution in [-0.4, -0.2) is 11.9 Å². The molecule has 0 aliphatic rings. The number of carbonyl (C=O) groups excluding carboxylic acids is 1. The van der Waals surface area contributed by atoms with E-state index in [2.05, 4.69) is 25.2 Å². The van der Waals surface area contributed by atoms with Crippen LogP contribution in [0.3, 0.4) is 0 Å². The third-order valence-corrected chi connectivity index (χ3v) is 3.47. The molecule has 2 nitrogen and oxygen atoms in total. The SMILES string of the molecule is CCC(CC)NC(=O)CCc1cccs1. The van der Waals surface area contributed by atoms with E-state index in [1.54, 1.807) is 11.3 Å². The molecule has 1 N–H and O–H groups in total. The molecule has 1 heterocycles. The zero-order valence-corrected chi connectivity index (χ0v) is 10.3. The first kappa shape index (κ1) is 12.2. The maximum Gasteiger partial charge on any atom is 0.220 e. The molecular formula is C12H19NOS. The summed E-state index contributed by atoms with van der Waals surface area (Å²) < 4.78 is 0. The van der Waals surface area contributed by atoms with Crippen LogP contribution in [0.25, 0.3) is 0 Å². The topological polar surface area (TPSA) is 29.1 Å². The summed E-state index contributed by atoms with van der Waals surface area (Å²) in [6.45, 7) is 4.21. The van der Waals surface area contributed by atoms with E-state index in [0.29, 0.717) is 12.5 Å². The fraction of sp³-hybridized carbons (Fsp3) is 0.583. The van der Waals surface area contributed by atoms with Gasteiger partial charge in [-0.3, -0.25) is 4.79 Å². The van der Waals surface area contributed by atoms with Crippen molar-refractivity contribution in [1.82, 2.24) is 5.32 Å². The van der Waals surface area contributed by atoms with Crippen LogP contribution in [0, 0.1) is 0 Å². The molecule has 1 aromatic rings. The van der Waals surface area contributed by atoms with Crippen molar-refractivity contribution in [1.29, 1.82) is 0 Å². The lowest BCUT2D eigenvalue weighted by Crippen LogP contribution is -2.33. The number of thiophene rings is 1. The van der Waals surface area contributed by atoms with Crippen LogP contribution in [0.1, 0.15) is 38.0 Å². The molecule has 1 aromatic heterocycles. The van der Waals surface area contributed by atoms with E-state index in [9.17, 15) is 4.79 Å². The van der Waals surface area contributed by atoms with Crippen LogP contribution in [0.4, 0.5) is 0 Å². The van der Waals surface area contributed by atoms with E-state index in [1.165, 1.54) is 4.88 Å². The van der Waals surface area contributed by atoms with Crippen LogP contribution >= 0.6 is 11.3 Å². The van der Waals surface area contributed by atoms with Crippen molar-refractivity contribution in [3.63, 3.8) is 0 Å². The molecule has 1 rings (SSSR count). The zero-order valence-electron chi connectivity index (χ0n) is 9.45. The monoisotopic (exact) mass is 225 g/mol. The van der Waals surface area contributed by atoms with Crippen LogP contribution in [-0.2, 0) is 11.2 Å². The highest BCUT2D eigenvalue weighted by molar-refractivity contribution is 7.09. The van der Waals surface area contributed by atoms with Crippen LogP contribution in [0.15, 0.2) is 17.5 Å². The largest absolute Gasteiger partial charge is 0.353 e. The summed E-state index contributed by atoms with van der Waals surface area (Å²) >= 11 is 1.72. The molecule has 0 radical (unpaired) electrons.